The van der Waals surface area contributed by atoms with Crippen LogP contribution in [-0.4, -0.2) is 0 Å². The van der Waals surface area contributed by atoms with Gasteiger partial charge in [-0.15, -0.1) is 0 Å². The summed E-state index contributed by atoms with van der Waals surface area (Å²) >= 11 is 0. The molecule has 45 heavy (non-hydrogen) atoms. The third-order valence-corrected chi connectivity index (χ3v) is 9.34. The van der Waals surface area contributed by atoms with Gasteiger partial charge in [-0.25, -0.2) is 0 Å². The molecule has 0 N–H and O–H groups in total. The van der Waals surface area contributed by atoms with Crippen molar-refractivity contribution >= 4 is 54.3 Å². The van der Waals surface area contributed by atoms with Gasteiger partial charge in [0.05, 0.1) is 0 Å². The summed E-state index contributed by atoms with van der Waals surface area (Å²) in [5.41, 5.74) is 11.7. The molecular weight excluding hydrogens is 544 g/mol. The molecular formula is C44H30O. The second-order valence-corrected chi connectivity index (χ2v) is 12.2. The molecule has 0 saturated carbocycles. The summed E-state index contributed by atoms with van der Waals surface area (Å²) in [5.74, 6) is 0. The van der Waals surface area contributed by atoms with Gasteiger partial charge in [-0.2, -0.15) is 0 Å². The molecule has 9 aromatic rings. The molecule has 8 aromatic carbocycles. The van der Waals surface area contributed by atoms with Crippen molar-refractivity contribution in [3.8, 4) is 33.4 Å². The molecule has 0 radical (unpaired) electrons. The maximum Gasteiger partial charge on any atom is 0.143 e. The number of hydrogen-bond donors (Lipinski definition) is 0. The van der Waals surface area contributed by atoms with E-state index in [1.165, 1.54) is 65.9 Å². The van der Waals surface area contributed by atoms with Crippen molar-refractivity contribution in [2.75, 3.05) is 0 Å². The highest BCUT2D eigenvalue weighted by molar-refractivity contribution is 6.25. The lowest BCUT2D eigenvalue weighted by Crippen LogP contribution is -1.93. The number of para-hydroxylation sites is 1. The van der Waals surface area contributed by atoms with E-state index in [-0.39, 0.29) is 0 Å². The van der Waals surface area contributed by atoms with E-state index in [0.29, 0.717) is 0 Å². The molecule has 0 fully saturated rings. The minimum absolute atomic E-state index is 0.937. The maximum absolute atomic E-state index is 6.88. The largest absolute Gasteiger partial charge is 0.455 e. The van der Waals surface area contributed by atoms with Gasteiger partial charge in [0.15, 0.2) is 0 Å². The quantitative estimate of drug-likeness (QED) is 0.191. The lowest BCUT2D eigenvalue weighted by Gasteiger charge is -2.19. The Labute approximate surface area is 262 Å². The summed E-state index contributed by atoms with van der Waals surface area (Å²) in [7, 11) is 0. The van der Waals surface area contributed by atoms with Gasteiger partial charge < -0.3 is 4.42 Å². The summed E-state index contributed by atoms with van der Waals surface area (Å²) in [5, 5.41) is 9.61. The molecule has 0 spiro atoms. The van der Waals surface area contributed by atoms with Gasteiger partial charge in [-0.05, 0) is 75.2 Å². The van der Waals surface area contributed by atoms with E-state index in [1.807, 2.05) is 0 Å². The lowest BCUT2D eigenvalue weighted by atomic mass is 9.84. The highest BCUT2D eigenvalue weighted by Crippen LogP contribution is 2.47. The molecule has 0 aliphatic carbocycles. The standard InChI is InChI=1S/C44H30O/c1-27-19-22-35-39(24-27)41(32-14-8-13-31(26-32)29-10-4-3-5-11-29)34-21-18-28(2)25-40(34)42(35)38-17-9-16-36-37-23-20-30-12-6-7-15-33(30)43(37)45-44(36)38/h3-26H,1-2H3. The Balaban J connectivity index is 1.41. The minimum Gasteiger partial charge on any atom is -0.455 e. The Kier molecular flexibility index (Phi) is 5.70. The summed E-state index contributed by atoms with van der Waals surface area (Å²) in [6, 6.07) is 53.0. The van der Waals surface area contributed by atoms with Crippen LogP contribution in [0.5, 0.6) is 0 Å². The third-order valence-electron chi connectivity index (χ3n) is 9.34. The first kappa shape index (κ1) is 25.8. The fraction of sp³-hybridized carbons (Fsp3) is 0.0455. The average molecular weight is 575 g/mol. The molecule has 0 amide bonds. The van der Waals surface area contributed by atoms with E-state index in [4.69, 9.17) is 4.42 Å². The van der Waals surface area contributed by atoms with E-state index >= 15 is 0 Å². The topological polar surface area (TPSA) is 13.1 Å². The van der Waals surface area contributed by atoms with Crippen molar-refractivity contribution in [2.45, 2.75) is 13.8 Å². The zero-order valence-corrected chi connectivity index (χ0v) is 25.3. The number of hydrogen-bond acceptors (Lipinski definition) is 1. The molecule has 1 heterocycles. The van der Waals surface area contributed by atoms with Gasteiger partial charge >= 0.3 is 0 Å². The van der Waals surface area contributed by atoms with Gasteiger partial charge in [-0.3, -0.25) is 0 Å². The number of benzene rings is 8. The lowest BCUT2D eigenvalue weighted by molar-refractivity contribution is 0.674. The number of aryl methyl sites for hydroxylation is 2. The highest BCUT2D eigenvalue weighted by atomic mass is 16.3. The molecule has 0 atom stereocenters. The summed E-state index contributed by atoms with van der Waals surface area (Å²) < 4.78 is 6.88. The van der Waals surface area contributed by atoms with Crippen molar-refractivity contribution in [1.82, 2.24) is 0 Å². The van der Waals surface area contributed by atoms with Crippen LogP contribution < -0.4 is 0 Å². The van der Waals surface area contributed by atoms with Crippen molar-refractivity contribution in [1.29, 1.82) is 0 Å². The number of fused-ring (bicyclic) bond motifs is 7. The molecule has 0 aliphatic heterocycles. The van der Waals surface area contributed by atoms with Gasteiger partial charge in [0.25, 0.3) is 0 Å². The Morgan fingerprint density at radius 3 is 1.78 bits per heavy atom. The van der Waals surface area contributed by atoms with Crippen LogP contribution in [0.1, 0.15) is 11.1 Å². The van der Waals surface area contributed by atoms with E-state index in [9.17, 15) is 0 Å². The molecule has 212 valence electrons. The summed E-state index contributed by atoms with van der Waals surface area (Å²) in [6.07, 6.45) is 0. The first-order valence-electron chi connectivity index (χ1n) is 15.6. The minimum atomic E-state index is 0.937. The third kappa shape index (κ3) is 4.01. The van der Waals surface area contributed by atoms with Crippen LogP contribution >= 0.6 is 0 Å². The molecule has 9 rings (SSSR count). The Bertz CT molecular complexity index is 2600. The molecule has 0 saturated heterocycles. The zero-order valence-electron chi connectivity index (χ0n) is 25.3. The number of furan rings is 1. The molecule has 1 nitrogen and oxygen atoms in total. The SMILES string of the molecule is Cc1ccc2c(-c3cccc4c3oc3c5ccccc5ccc43)c3cc(C)ccc3c(-c3cccc(-c4ccccc4)c3)c2c1. The fourth-order valence-corrected chi connectivity index (χ4v) is 7.27. The van der Waals surface area contributed by atoms with Crippen molar-refractivity contribution < 1.29 is 4.42 Å². The molecule has 1 heteroatoms. The van der Waals surface area contributed by atoms with Crippen LogP contribution in [0.3, 0.4) is 0 Å². The van der Waals surface area contributed by atoms with Crippen molar-refractivity contribution in [3.63, 3.8) is 0 Å². The van der Waals surface area contributed by atoms with Crippen LogP contribution in [0.15, 0.2) is 150 Å². The molecule has 1 aromatic heterocycles. The first-order valence-corrected chi connectivity index (χ1v) is 15.6. The molecule has 0 unspecified atom stereocenters. The van der Waals surface area contributed by atoms with E-state index in [2.05, 4.69) is 159 Å². The summed E-state index contributed by atoms with van der Waals surface area (Å²) in [4.78, 5) is 0. The summed E-state index contributed by atoms with van der Waals surface area (Å²) in [6.45, 7) is 4.37. The Hall–Kier alpha value is -5.66. The second-order valence-electron chi connectivity index (χ2n) is 12.2. The highest BCUT2D eigenvalue weighted by Gasteiger charge is 2.21. The van der Waals surface area contributed by atoms with Crippen LogP contribution in [0.2, 0.25) is 0 Å². The first-order chi connectivity index (χ1) is 22.1. The van der Waals surface area contributed by atoms with Crippen molar-refractivity contribution in [3.05, 3.63) is 157 Å². The van der Waals surface area contributed by atoms with Crippen LogP contribution in [0.4, 0.5) is 0 Å². The Morgan fingerprint density at radius 2 is 0.956 bits per heavy atom. The maximum atomic E-state index is 6.88. The normalized spacial score (nSPS) is 11.8. The van der Waals surface area contributed by atoms with Gasteiger partial charge in [-0.1, -0.05) is 145 Å². The van der Waals surface area contributed by atoms with Gasteiger partial charge in [0, 0.05) is 27.3 Å². The smallest absolute Gasteiger partial charge is 0.143 e. The monoisotopic (exact) mass is 574 g/mol. The number of rotatable bonds is 3. The molecule has 0 aliphatic rings. The van der Waals surface area contributed by atoms with Gasteiger partial charge in [0.1, 0.15) is 11.2 Å². The van der Waals surface area contributed by atoms with E-state index in [1.54, 1.807) is 0 Å². The predicted molar refractivity (Wildman–Crippen MR) is 192 cm³/mol. The van der Waals surface area contributed by atoms with Crippen molar-refractivity contribution in [2.24, 2.45) is 0 Å². The Morgan fingerprint density at radius 1 is 0.356 bits per heavy atom. The van der Waals surface area contributed by atoms with Crippen LogP contribution in [0, 0.1) is 13.8 Å². The molecule has 0 bridgehead atoms. The van der Waals surface area contributed by atoms with Gasteiger partial charge in [0.2, 0.25) is 0 Å². The zero-order chi connectivity index (χ0) is 30.1. The van der Waals surface area contributed by atoms with E-state index < -0.39 is 0 Å². The van der Waals surface area contributed by atoms with Crippen LogP contribution in [-0.2, 0) is 0 Å². The second kappa shape index (κ2) is 9.94. The van der Waals surface area contributed by atoms with Crippen LogP contribution in [0.25, 0.3) is 87.6 Å². The average Bonchev–Trinajstić information content (AvgIpc) is 3.47. The fourth-order valence-electron chi connectivity index (χ4n) is 7.27. The predicted octanol–water partition coefficient (Wildman–Crippen LogP) is 12.7. The van der Waals surface area contributed by atoms with E-state index in [0.717, 1.165) is 32.9 Å².